The first-order valence-corrected chi connectivity index (χ1v) is 8.72. The third-order valence-corrected chi connectivity index (χ3v) is 4.84. The Morgan fingerprint density at radius 3 is 2.78 bits per heavy atom. The van der Waals surface area contributed by atoms with E-state index in [-0.39, 0.29) is 17.4 Å². The van der Waals surface area contributed by atoms with Crippen molar-refractivity contribution in [1.29, 1.82) is 0 Å². The van der Waals surface area contributed by atoms with E-state index in [1.165, 1.54) is 42.9 Å². The van der Waals surface area contributed by atoms with Gasteiger partial charge >= 0.3 is 0 Å². The van der Waals surface area contributed by atoms with Crippen molar-refractivity contribution in [2.24, 2.45) is 5.92 Å². The molecule has 1 aromatic heterocycles. The second-order valence-electron chi connectivity index (χ2n) is 5.94. The van der Waals surface area contributed by atoms with E-state index in [1.807, 2.05) is 0 Å². The van der Waals surface area contributed by atoms with Gasteiger partial charge in [0, 0.05) is 12.7 Å². The van der Waals surface area contributed by atoms with Crippen molar-refractivity contribution in [1.82, 2.24) is 15.1 Å². The summed E-state index contributed by atoms with van der Waals surface area (Å²) in [6, 6.07) is 6.35. The van der Waals surface area contributed by atoms with Gasteiger partial charge in [-0.3, -0.25) is 4.79 Å². The van der Waals surface area contributed by atoms with Gasteiger partial charge in [-0.15, -0.1) is 0 Å². The second kappa shape index (κ2) is 7.25. The third-order valence-electron chi connectivity index (χ3n) is 4.26. The van der Waals surface area contributed by atoms with Crippen LogP contribution in [0.25, 0.3) is 5.69 Å². The molecule has 1 fully saturated rings. The van der Waals surface area contributed by atoms with Crippen LogP contribution in [0.15, 0.2) is 34.9 Å². The van der Waals surface area contributed by atoms with E-state index in [9.17, 15) is 9.18 Å². The fourth-order valence-corrected chi connectivity index (χ4v) is 3.43. The number of carbonyl (C=O) groups is 1. The summed E-state index contributed by atoms with van der Waals surface area (Å²) in [6.07, 6.45) is 7.73. The molecule has 1 saturated carbocycles. The Labute approximate surface area is 143 Å². The predicted molar refractivity (Wildman–Crippen MR) is 90.1 cm³/mol. The van der Waals surface area contributed by atoms with Gasteiger partial charge in [-0.25, -0.2) is 9.07 Å². The Balaban J connectivity index is 1.70. The highest BCUT2D eigenvalue weighted by Gasteiger charge is 2.19. The average molecular weight is 380 g/mol. The number of halogens is 2. The number of benzene rings is 1. The first-order valence-electron chi connectivity index (χ1n) is 7.93. The van der Waals surface area contributed by atoms with Gasteiger partial charge in [0.05, 0.1) is 4.47 Å². The molecule has 122 valence electrons. The zero-order valence-corrected chi connectivity index (χ0v) is 14.4. The van der Waals surface area contributed by atoms with E-state index < -0.39 is 0 Å². The van der Waals surface area contributed by atoms with Crippen molar-refractivity contribution in [2.45, 2.75) is 32.1 Å². The summed E-state index contributed by atoms with van der Waals surface area (Å²) in [7, 11) is 0. The topological polar surface area (TPSA) is 46.9 Å². The molecule has 1 N–H and O–H groups in total. The lowest BCUT2D eigenvalue weighted by molar-refractivity contribution is 0.0937. The van der Waals surface area contributed by atoms with Crippen molar-refractivity contribution in [2.75, 3.05) is 6.54 Å². The minimum Gasteiger partial charge on any atom is -0.350 e. The van der Waals surface area contributed by atoms with Gasteiger partial charge in [-0.2, -0.15) is 5.10 Å². The largest absolute Gasteiger partial charge is 0.350 e. The van der Waals surface area contributed by atoms with Crippen LogP contribution in [0.3, 0.4) is 0 Å². The number of nitrogens with one attached hydrogen (secondary N) is 1. The smallest absolute Gasteiger partial charge is 0.272 e. The monoisotopic (exact) mass is 379 g/mol. The van der Waals surface area contributed by atoms with Crippen molar-refractivity contribution in [3.63, 3.8) is 0 Å². The third kappa shape index (κ3) is 3.80. The van der Waals surface area contributed by atoms with Crippen LogP contribution in [-0.4, -0.2) is 22.2 Å². The molecule has 23 heavy (non-hydrogen) atoms. The lowest BCUT2D eigenvalue weighted by atomic mass is 9.89. The molecule has 3 rings (SSSR count). The quantitative estimate of drug-likeness (QED) is 0.869. The Hall–Kier alpha value is -1.69. The van der Waals surface area contributed by atoms with Crippen LogP contribution in [0.2, 0.25) is 0 Å². The second-order valence-corrected chi connectivity index (χ2v) is 6.79. The van der Waals surface area contributed by atoms with Gasteiger partial charge < -0.3 is 5.32 Å². The van der Waals surface area contributed by atoms with Crippen LogP contribution in [0.5, 0.6) is 0 Å². The molecule has 2 aromatic rings. The van der Waals surface area contributed by atoms with E-state index >= 15 is 0 Å². The highest BCUT2D eigenvalue weighted by Crippen LogP contribution is 2.23. The summed E-state index contributed by atoms with van der Waals surface area (Å²) < 4.78 is 15.8. The van der Waals surface area contributed by atoms with E-state index in [0.29, 0.717) is 22.6 Å². The molecule has 1 heterocycles. The number of para-hydroxylation sites is 1. The molecule has 1 amide bonds. The lowest BCUT2D eigenvalue weighted by Gasteiger charge is -2.21. The zero-order chi connectivity index (χ0) is 16.2. The molecule has 1 aliphatic rings. The Morgan fingerprint density at radius 2 is 2.04 bits per heavy atom. The molecule has 0 saturated heterocycles. The Morgan fingerprint density at radius 1 is 1.30 bits per heavy atom. The first kappa shape index (κ1) is 16.2. The van der Waals surface area contributed by atoms with E-state index in [0.717, 1.165) is 0 Å². The molecule has 0 bridgehead atoms. The van der Waals surface area contributed by atoms with E-state index in [1.54, 1.807) is 24.4 Å². The van der Waals surface area contributed by atoms with Crippen LogP contribution in [0, 0.1) is 11.7 Å². The number of nitrogens with zero attached hydrogens (tertiary/aromatic N) is 2. The van der Waals surface area contributed by atoms with Gasteiger partial charge in [-0.1, -0.05) is 31.4 Å². The number of hydrogen-bond acceptors (Lipinski definition) is 2. The maximum atomic E-state index is 13.8. The molecular weight excluding hydrogens is 361 g/mol. The Bertz CT molecular complexity index is 695. The summed E-state index contributed by atoms with van der Waals surface area (Å²) in [6.45, 7) is 0.678. The molecule has 0 spiro atoms. The molecule has 0 radical (unpaired) electrons. The molecule has 1 aromatic carbocycles. The summed E-state index contributed by atoms with van der Waals surface area (Å²) in [5.74, 6) is -0.0469. The molecule has 4 nitrogen and oxygen atoms in total. The van der Waals surface area contributed by atoms with Gasteiger partial charge in [0.2, 0.25) is 0 Å². The first-order chi connectivity index (χ1) is 11.1. The lowest BCUT2D eigenvalue weighted by Crippen LogP contribution is -2.30. The summed E-state index contributed by atoms with van der Waals surface area (Å²) >= 11 is 3.34. The highest BCUT2D eigenvalue weighted by molar-refractivity contribution is 9.10. The van der Waals surface area contributed by atoms with Gasteiger partial charge in [0.1, 0.15) is 11.5 Å². The molecule has 0 aliphatic heterocycles. The highest BCUT2D eigenvalue weighted by atomic mass is 79.9. The van der Waals surface area contributed by atoms with Crippen LogP contribution in [0.4, 0.5) is 4.39 Å². The minimum atomic E-state index is -0.378. The number of amides is 1. The molecule has 0 unspecified atom stereocenters. The number of rotatable bonds is 4. The van der Waals surface area contributed by atoms with Crippen molar-refractivity contribution in [3.8, 4) is 5.69 Å². The van der Waals surface area contributed by atoms with Crippen molar-refractivity contribution < 1.29 is 9.18 Å². The van der Waals surface area contributed by atoms with Crippen LogP contribution in [0.1, 0.15) is 42.6 Å². The Kier molecular flexibility index (Phi) is 5.10. The summed E-state index contributed by atoms with van der Waals surface area (Å²) in [5, 5.41) is 7.17. The van der Waals surface area contributed by atoms with Crippen molar-refractivity contribution >= 4 is 21.8 Å². The number of aromatic nitrogens is 2. The fraction of sp³-hybridized carbons (Fsp3) is 0.412. The van der Waals surface area contributed by atoms with Gasteiger partial charge in [0.15, 0.2) is 5.69 Å². The van der Waals surface area contributed by atoms with Gasteiger partial charge in [0.25, 0.3) is 5.91 Å². The average Bonchev–Trinajstić information content (AvgIpc) is 2.96. The summed E-state index contributed by atoms with van der Waals surface area (Å²) in [4.78, 5) is 12.3. The molecule has 0 atom stereocenters. The fourth-order valence-electron chi connectivity index (χ4n) is 2.98. The van der Waals surface area contributed by atoms with Crippen LogP contribution in [-0.2, 0) is 0 Å². The normalized spacial score (nSPS) is 15.6. The zero-order valence-electron chi connectivity index (χ0n) is 12.8. The predicted octanol–water partition coefficient (Wildman–Crippen LogP) is 4.08. The van der Waals surface area contributed by atoms with E-state index in [2.05, 4.69) is 26.3 Å². The maximum Gasteiger partial charge on any atom is 0.272 e. The SMILES string of the molecule is O=C(NCC1CCCCC1)c1nn(-c2ccccc2F)cc1Br. The number of hydrogen-bond donors (Lipinski definition) is 1. The number of carbonyl (C=O) groups excluding carboxylic acids is 1. The molecular formula is C17H19BrFN3O. The van der Waals surface area contributed by atoms with Crippen LogP contribution >= 0.6 is 15.9 Å². The summed E-state index contributed by atoms with van der Waals surface area (Å²) in [5.41, 5.74) is 0.601. The van der Waals surface area contributed by atoms with E-state index in [4.69, 9.17) is 0 Å². The van der Waals surface area contributed by atoms with Crippen molar-refractivity contribution in [3.05, 3.63) is 46.4 Å². The molecule has 6 heteroatoms. The maximum absolute atomic E-state index is 13.8. The minimum absolute atomic E-state index is 0.225. The standard InChI is InChI=1S/C17H19BrFN3O/c18-13-11-22(15-9-5-4-8-14(15)19)21-16(13)17(23)20-10-12-6-2-1-3-7-12/h4-5,8-9,11-12H,1-3,6-7,10H2,(H,20,23). The van der Waals surface area contributed by atoms with Gasteiger partial charge in [-0.05, 0) is 46.8 Å². The molecule has 1 aliphatic carbocycles. The van der Waals surface area contributed by atoms with Crippen LogP contribution < -0.4 is 5.32 Å².